The molecule has 1 atom stereocenters. The Balaban J connectivity index is 2.12. The highest BCUT2D eigenvalue weighted by Gasteiger charge is 2.13. The highest BCUT2D eigenvalue weighted by molar-refractivity contribution is 7.09. The minimum absolute atomic E-state index is 0.226. The quantitative estimate of drug-likeness (QED) is 0.914. The standard InChI is InChI=1S/C12H11F2NOS/c1-7-6-17-12(15-7)11(16)5-8-2-3-9(13)10(14)4-8/h2-4,6,11,16H,5H2,1H3. The number of halogens is 2. The summed E-state index contributed by atoms with van der Waals surface area (Å²) in [6.45, 7) is 1.84. The number of aromatic nitrogens is 1. The fourth-order valence-corrected chi connectivity index (χ4v) is 2.28. The third-order valence-electron chi connectivity index (χ3n) is 2.33. The van der Waals surface area contributed by atoms with Gasteiger partial charge in [-0.05, 0) is 24.6 Å². The summed E-state index contributed by atoms with van der Waals surface area (Å²) in [5.41, 5.74) is 1.39. The van der Waals surface area contributed by atoms with E-state index in [1.54, 1.807) is 0 Å². The normalized spacial score (nSPS) is 12.7. The molecule has 0 amide bonds. The Hall–Kier alpha value is -1.33. The van der Waals surface area contributed by atoms with Crippen LogP contribution in [0.4, 0.5) is 8.78 Å². The van der Waals surface area contributed by atoms with E-state index in [2.05, 4.69) is 4.98 Å². The number of hydrogen-bond donors (Lipinski definition) is 1. The summed E-state index contributed by atoms with van der Waals surface area (Å²) in [5.74, 6) is -1.78. The maximum Gasteiger partial charge on any atom is 0.159 e. The van der Waals surface area contributed by atoms with Gasteiger partial charge >= 0.3 is 0 Å². The lowest BCUT2D eigenvalue weighted by atomic mass is 10.1. The van der Waals surface area contributed by atoms with Gasteiger partial charge in [0.25, 0.3) is 0 Å². The number of aryl methyl sites for hydroxylation is 1. The van der Waals surface area contributed by atoms with Gasteiger partial charge in [-0.15, -0.1) is 11.3 Å². The van der Waals surface area contributed by atoms with E-state index < -0.39 is 17.7 Å². The first-order chi connectivity index (χ1) is 8.06. The average Bonchev–Trinajstić information content (AvgIpc) is 2.70. The van der Waals surface area contributed by atoms with E-state index >= 15 is 0 Å². The molecular formula is C12H11F2NOS. The molecule has 2 rings (SSSR count). The van der Waals surface area contributed by atoms with E-state index in [0.717, 1.165) is 17.8 Å². The summed E-state index contributed by atoms with van der Waals surface area (Å²) >= 11 is 1.36. The van der Waals surface area contributed by atoms with E-state index in [0.29, 0.717) is 10.6 Å². The van der Waals surface area contributed by atoms with E-state index in [9.17, 15) is 13.9 Å². The Morgan fingerprint density at radius 1 is 1.35 bits per heavy atom. The zero-order chi connectivity index (χ0) is 12.4. The van der Waals surface area contributed by atoms with Crippen LogP contribution in [-0.4, -0.2) is 10.1 Å². The minimum atomic E-state index is -0.898. The van der Waals surface area contributed by atoms with Crippen molar-refractivity contribution in [3.05, 3.63) is 51.5 Å². The Morgan fingerprint density at radius 2 is 2.12 bits per heavy atom. The van der Waals surface area contributed by atoms with Gasteiger partial charge < -0.3 is 5.11 Å². The minimum Gasteiger partial charge on any atom is -0.386 e. The molecule has 0 saturated carbocycles. The molecule has 0 fully saturated rings. The van der Waals surface area contributed by atoms with Crippen LogP contribution in [0.15, 0.2) is 23.6 Å². The van der Waals surface area contributed by atoms with Crippen molar-refractivity contribution in [2.45, 2.75) is 19.4 Å². The monoisotopic (exact) mass is 255 g/mol. The second-order valence-corrected chi connectivity index (χ2v) is 4.69. The first kappa shape index (κ1) is 12.1. The number of aliphatic hydroxyl groups is 1. The number of benzene rings is 1. The highest BCUT2D eigenvalue weighted by Crippen LogP contribution is 2.22. The van der Waals surface area contributed by atoms with Crippen LogP contribution >= 0.6 is 11.3 Å². The second kappa shape index (κ2) is 4.89. The Labute approximate surface area is 102 Å². The fraction of sp³-hybridized carbons (Fsp3) is 0.250. The van der Waals surface area contributed by atoms with Crippen molar-refractivity contribution >= 4 is 11.3 Å². The molecule has 0 aliphatic carbocycles. The zero-order valence-corrected chi connectivity index (χ0v) is 9.97. The van der Waals surface area contributed by atoms with Crippen molar-refractivity contribution in [3.63, 3.8) is 0 Å². The predicted octanol–water partition coefficient (Wildman–Crippen LogP) is 3.01. The molecule has 0 aliphatic rings. The van der Waals surface area contributed by atoms with E-state index in [4.69, 9.17) is 0 Å². The van der Waals surface area contributed by atoms with Crippen molar-refractivity contribution in [2.24, 2.45) is 0 Å². The summed E-state index contributed by atoms with van der Waals surface area (Å²) in [4.78, 5) is 4.15. The molecule has 0 bridgehead atoms. The molecule has 0 radical (unpaired) electrons. The molecule has 5 heteroatoms. The number of rotatable bonds is 3. The lowest BCUT2D eigenvalue weighted by Gasteiger charge is -2.07. The molecule has 1 aromatic carbocycles. The summed E-state index contributed by atoms with van der Waals surface area (Å²) in [6, 6.07) is 3.62. The summed E-state index contributed by atoms with van der Waals surface area (Å²) in [7, 11) is 0. The van der Waals surface area contributed by atoms with Gasteiger partial charge in [0.05, 0.1) is 0 Å². The molecule has 1 unspecified atom stereocenters. The first-order valence-electron chi connectivity index (χ1n) is 5.10. The molecule has 1 N–H and O–H groups in total. The van der Waals surface area contributed by atoms with Crippen LogP contribution in [0.2, 0.25) is 0 Å². The Kier molecular flexibility index (Phi) is 3.49. The third-order valence-corrected chi connectivity index (χ3v) is 3.40. The van der Waals surface area contributed by atoms with Gasteiger partial charge in [-0.2, -0.15) is 0 Å². The molecule has 90 valence electrons. The Bertz CT molecular complexity index is 527. The molecule has 0 saturated heterocycles. The molecule has 1 aromatic heterocycles. The molecule has 0 aliphatic heterocycles. The van der Waals surface area contributed by atoms with Gasteiger partial charge in [0, 0.05) is 17.5 Å². The van der Waals surface area contributed by atoms with Crippen molar-refractivity contribution in [3.8, 4) is 0 Å². The molecule has 2 aromatic rings. The Morgan fingerprint density at radius 3 is 2.71 bits per heavy atom. The van der Waals surface area contributed by atoms with Gasteiger partial charge in [0.2, 0.25) is 0 Å². The lowest BCUT2D eigenvalue weighted by molar-refractivity contribution is 0.177. The van der Waals surface area contributed by atoms with E-state index in [-0.39, 0.29) is 6.42 Å². The lowest BCUT2D eigenvalue weighted by Crippen LogP contribution is -2.02. The molecule has 1 heterocycles. The molecule has 0 spiro atoms. The van der Waals surface area contributed by atoms with Gasteiger partial charge in [-0.3, -0.25) is 0 Å². The van der Waals surface area contributed by atoms with Crippen LogP contribution in [0.3, 0.4) is 0 Å². The number of aliphatic hydroxyl groups excluding tert-OH is 1. The third kappa shape index (κ3) is 2.87. The van der Waals surface area contributed by atoms with Crippen LogP contribution in [0, 0.1) is 18.6 Å². The summed E-state index contributed by atoms with van der Waals surface area (Å²) in [5, 5.41) is 12.3. The topological polar surface area (TPSA) is 33.1 Å². The van der Waals surface area contributed by atoms with Gasteiger partial charge in [0.1, 0.15) is 11.1 Å². The van der Waals surface area contributed by atoms with Crippen LogP contribution in [0.25, 0.3) is 0 Å². The second-order valence-electron chi connectivity index (χ2n) is 3.80. The van der Waals surface area contributed by atoms with Crippen molar-refractivity contribution < 1.29 is 13.9 Å². The van der Waals surface area contributed by atoms with Crippen LogP contribution in [0.5, 0.6) is 0 Å². The number of nitrogens with zero attached hydrogens (tertiary/aromatic N) is 1. The van der Waals surface area contributed by atoms with Crippen molar-refractivity contribution in [2.75, 3.05) is 0 Å². The summed E-state index contributed by atoms with van der Waals surface area (Å²) in [6.07, 6.45) is -0.553. The van der Waals surface area contributed by atoms with Crippen LogP contribution in [-0.2, 0) is 6.42 Å². The fourth-order valence-electron chi connectivity index (χ4n) is 1.50. The van der Waals surface area contributed by atoms with E-state index in [1.165, 1.54) is 17.4 Å². The average molecular weight is 255 g/mol. The SMILES string of the molecule is Cc1csc(C(O)Cc2ccc(F)c(F)c2)n1. The van der Waals surface area contributed by atoms with Gasteiger partial charge in [-0.1, -0.05) is 6.07 Å². The number of thiazole rings is 1. The maximum atomic E-state index is 13.0. The van der Waals surface area contributed by atoms with Gasteiger partial charge in [-0.25, -0.2) is 13.8 Å². The molecule has 2 nitrogen and oxygen atoms in total. The molecule has 17 heavy (non-hydrogen) atoms. The largest absolute Gasteiger partial charge is 0.386 e. The van der Waals surface area contributed by atoms with E-state index in [1.807, 2.05) is 12.3 Å². The number of hydrogen-bond acceptors (Lipinski definition) is 3. The van der Waals surface area contributed by atoms with Crippen LogP contribution < -0.4 is 0 Å². The predicted molar refractivity (Wildman–Crippen MR) is 61.9 cm³/mol. The highest BCUT2D eigenvalue weighted by atomic mass is 32.1. The first-order valence-corrected chi connectivity index (χ1v) is 5.98. The summed E-state index contributed by atoms with van der Waals surface area (Å²) < 4.78 is 25.7. The van der Waals surface area contributed by atoms with Crippen LogP contribution in [0.1, 0.15) is 22.4 Å². The van der Waals surface area contributed by atoms with Crippen molar-refractivity contribution in [1.82, 2.24) is 4.98 Å². The molecular weight excluding hydrogens is 244 g/mol. The van der Waals surface area contributed by atoms with Gasteiger partial charge in [0.15, 0.2) is 11.6 Å². The smallest absolute Gasteiger partial charge is 0.159 e. The van der Waals surface area contributed by atoms with Crippen molar-refractivity contribution in [1.29, 1.82) is 0 Å². The maximum absolute atomic E-state index is 13.0. The zero-order valence-electron chi connectivity index (χ0n) is 9.15.